The van der Waals surface area contributed by atoms with Crippen LogP contribution in [0, 0.1) is 0 Å². The van der Waals surface area contributed by atoms with Gasteiger partial charge in [0.05, 0.1) is 29.8 Å². The number of anilines is 1. The van der Waals surface area contributed by atoms with Crippen molar-refractivity contribution in [2.75, 3.05) is 55.8 Å². The Balaban J connectivity index is 0.000000296. The van der Waals surface area contributed by atoms with E-state index in [0.29, 0.717) is 0 Å². The zero-order chi connectivity index (χ0) is 20.9. The number of rotatable bonds is 2. The first-order valence-corrected chi connectivity index (χ1v) is 12.0. The Morgan fingerprint density at radius 1 is 0.935 bits per heavy atom. The third-order valence-electron chi connectivity index (χ3n) is 5.55. The van der Waals surface area contributed by atoms with E-state index in [1.807, 2.05) is 36.2 Å². The quantitative estimate of drug-likeness (QED) is 0.499. The molecular weight excluding hydrogens is 406 g/mol. The van der Waals surface area contributed by atoms with Gasteiger partial charge in [-0.05, 0) is 30.3 Å². The zero-order valence-corrected chi connectivity index (χ0v) is 18.3. The lowest BCUT2D eigenvalue weighted by Gasteiger charge is -2.28. The smallest absolute Gasteiger partial charge is 0.140 e. The number of nitrogens with zero attached hydrogens (tertiary/aromatic N) is 3. The molecule has 2 aromatic heterocycles. The van der Waals surface area contributed by atoms with Gasteiger partial charge in [-0.15, -0.1) is 0 Å². The summed E-state index contributed by atoms with van der Waals surface area (Å²) in [6.07, 6.45) is 1.88. The molecule has 160 valence electrons. The molecule has 7 heteroatoms. The minimum absolute atomic E-state index is 0.787. The Kier molecular flexibility index (Phi) is 6.34. The molecule has 4 heterocycles. The van der Waals surface area contributed by atoms with E-state index in [1.165, 1.54) is 30.3 Å². The number of benzene rings is 2. The summed E-state index contributed by atoms with van der Waals surface area (Å²) < 4.78 is 5.44. The summed E-state index contributed by atoms with van der Waals surface area (Å²) >= 11 is 2.03. The van der Waals surface area contributed by atoms with E-state index in [-0.39, 0.29) is 0 Å². The van der Waals surface area contributed by atoms with E-state index in [4.69, 9.17) is 9.72 Å². The highest BCUT2D eigenvalue weighted by Crippen LogP contribution is 2.26. The molecule has 0 spiro atoms. The van der Waals surface area contributed by atoms with E-state index >= 15 is 0 Å². The first-order chi connectivity index (χ1) is 15.4. The van der Waals surface area contributed by atoms with Gasteiger partial charge in [0.15, 0.2) is 0 Å². The second-order valence-corrected chi connectivity index (χ2v) is 8.89. The lowest BCUT2D eigenvalue weighted by atomic mass is 10.1. The highest BCUT2D eigenvalue weighted by Gasteiger charge is 2.13. The molecule has 2 aromatic carbocycles. The zero-order valence-electron chi connectivity index (χ0n) is 17.5. The molecule has 0 aliphatic carbocycles. The van der Waals surface area contributed by atoms with Crippen LogP contribution in [0.25, 0.3) is 33.3 Å². The number of thioether (sulfide) groups is 1. The molecule has 6 nitrogen and oxygen atoms in total. The largest absolute Gasteiger partial charge is 0.378 e. The molecule has 0 saturated carbocycles. The van der Waals surface area contributed by atoms with Crippen LogP contribution in [0.1, 0.15) is 0 Å². The van der Waals surface area contributed by atoms with Gasteiger partial charge in [-0.3, -0.25) is 4.98 Å². The van der Waals surface area contributed by atoms with Gasteiger partial charge in [-0.25, -0.2) is 4.98 Å². The molecule has 0 amide bonds. The van der Waals surface area contributed by atoms with Crippen LogP contribution < -0.4 is 10.2 Å². The number of H-pyrrole nitrogens is 1. The molecule has 31 heavy (non-hydrogen) atoms. The van der Waals surface area contributed by atoms with Crippen molar-refractivity contribution in [3.8, 4) is 11.4 Å². The molecule has 0 bridgehead atoms. The lowest BCUT2D eigenvalue weighted by molar-refractivity contribution is 0.122. The third kappa shape index (κ3) is 4.84. The van der Waals surface area contributed by atoms with E-state index < -0.39 is 0 Å². The molecule has 2 aliphatic heterocycles. The van der Waals surface area contributed by atoms with Crippen molar-refractivity contribution in [2.24, 2.45) is 0 Å². The van der Waals surface area contributed by atoms with E-state index in [0.717, 1.165) is 59.6 Å². The summed E-state index contributed by atoms with van der Waals surface area (Å²) in [7, 11) is 0. The van der Waals surface area contributed by atoms with Gasteiger partial charge in [0.1, 0.15) is 5.82 Å². The molecule has 4 aromatic rings. The van der Waals surface area contributed by atoms with Gasteiger partial charge >= 0.3 is 0 Å². The number of ether oxygens (including phenoxy) is 1. The molecule has 2 N–H and O–H groups in total. The van der Waals surface area contributed by atoms with Gasteiger partial charge in [0.2, 0.25) is 0 Å². The Hall–Kier alpha value is -2.61. The third-order valence-corrected chi connectivity index (χ3v) is 6.54. The lowest BCUT2D eigenvalue weighted by Crippen LogP contribution is -2.36. The van der Waals surface area contributed by atoms with Crippen molar-refractivity contribution < 1.29 is 4.74 Å². The summed E-state index contributed by atoms with van der Waals surface area (Å²) in [5, 5.41) is 4.38. The van der Waals surface area contributed by atoms with E-state index in [2.05, 4.69) is 50.5 Å². The van der Waals surface area contributed by atoms with Crippen molar-refractivity contribution in [1.29, 1.82) is 0 Å². The van der Waals surface area contributed by atoms with Gasteiger partial charge in [0, 0.05) is 60.5 Å². The second-order valence-electron chi connectivity index (χ2n) is 7.67. The van der Waals surface area contributed by atoms with Gasteiger partial charge in [-0.2, -0.15) is 11.8 Å². The highest BCUT2D eigenvalue weighted by atomic mass is 32.2. The average Bonchev–Trinajstić information content (AvgIpc) is 3.29. The topological polar surface area (TPSA) is 66.1 Å². The first-order valence-electron chi connectivity index (χ1n) is 10.8. The minimum atomic E-state index is 0.787. The standard InChI is InChI=1S/C20H18N4O.C4H9NS/c1-2-4-17-14(3-1)11-15(13-21-17)20-22-18-6-5-16(12-19(18)23-20)24-7-9-25-10-8-24;1-3-6-4-2-5-1/h1-6,11-13H,7-10H2,(H,22,23);5H,1-4H2. The van der Waals surface area contributed by atoms with Crippen LogP contribution in [0.15, 0.2) is 54.7 Å². The first kappa shape index (κ1) is 20.3. The Labute approximate surface area is 186 Å². The number of imidazole rings is 1. The molecule has 2 fully saturated rings. The SMILES string of the molecule is C1CSCCN1.c1ccc2ncc(-c3nc4ccc(N5CCOCC5)cc4[nH]3)cc2c1. The van der Waals surface area contributed by atoms with E-state index in [9.17, 15) is 0 Å². The molecular formula is C24H27N5OS. The monoisotopic (exact) mass is 433 g/mol. The molecule has 6 rings (SSSR count). The van der Waals surface area contributed by atoms with Gasteiger partial charge in [0.25, 0.3) is 0 Å². The Morgan fingerprint density at radius 3 is 2.55 bits per heavy atom. The molecule has 2 saturated heterocycles. The number of fused-ring (bicyclic) bond motifs is 2. The second kappa shape index (κ2) is 9.68. The normalized spacial score (nSPS) is 16.8. The maximum atomic E-state index is 5.44. The Morgan fingerprint density at radius 2 is 1.77 bits per heavy atom. The van der Waals surface area contributed by atoms with Crippen LogP contribution in [0.3, 0.4) is 0 Å². The van der Waals surface area contributed by atoms with Crippen molar-refractivity contribution >= 4 is 39.4 Å². The number of aromatic amines is 1. The summed E-state index contributed by atoms with van der Waals surface area (Å²) in [6, 6.07) is 16.6. The van der Waals surface area contributed by atoms with Crippen molar-refractivity contribution in [2.45, 2.75) is 0 Å². The van der Waals surface area contributed by atoms with Crippen LogP contribution >= 0.6 is 11.8 Å². The van der Waals surface area contributed by atoms with Gasteiger partial charge < -0.3 is 19.9 Å². The fraction of sp³-hybridized carbons (Fsp3) is 0.333. The van der Waals surface area contributed by atoms with Crippen LogP contribution in [0.2, 0.25) is 0 Å². The van der Waals surface area contributed by atoms with Crippen LogP contribution in [0.4, 0.5) is 5.69 Å². The summed E-state index contributed by atoms with van der Waals surface area (Å²) in [5.74, 6) is 3.47. The number of hydrogen-bond donors (Lipinski definition) is 2. The summed E-state index contributed by atoms with van der Waals surface area (Å²) in [4.78, 5) is 15.1. The minimum Gasteiger partial charge on any atom is -0.378 e. The van der Waals surface area contributed by atoms with Gasteiger partial charge in [-0.1, -0.05) is 18.2 Å². The predicted molar refractivity (Wildman–Crippen MR) is 130 cm³/mol. The van der Waals surface area contributed by atoms with E-state index in [1.54, 1.807) is 0 Å². The summed E-state index contributed by atoms with van der Waals surface area (Å²) in [5.41, 5.74) is 5.23. The fourth-order valence-electron chi connectivity index (χ4n) is 3.87. The predicted octanol–water partition coefficient (Wildman–Crippen LogP) is 3.94. The molecule has 0 unspecified atom stereocenters. The number of nitrogens with one attached hydrogen (secondary N) is 2. The number of aromatic nitrogens is 3. The maximum Gasteiger partial charge on any atom is 0.140 e. The van der Waals surface area contributed by atoms with Crippen molar-refractivity contribution in [1.82, 2.24) is 20.3 Å². The fourth-order valence-corrected chi connectivity index (χ4v) is 4.65. The van der Waals surface area contributed by atoms with Crippen molar-refractivity contribution in [3.05, 3.63) is 54.7 Å². The number of morpholine rings is 1. The summed E-state index contributed by atoms with van der Waals surface area (Å²) in [6.45, 7) is 5.86. The molecule has 0 radical (unpaired) electrons. The number of pyridine rings is 1. The van der Waals surface area contributed by atoms with Crippen LogP contribution in [-0.4, -0.2) is 65.9 Å². The Bertz CT molecular complexity index is 1140. The number of hydrogen-bond acceptors (Lipinski definition) is 6. The molecule has 2 aliphatic rings. The average molecular weight is 434 g/mol. The maximum absolute atomic E-state index is 5.44. The highest BCUT2D eigenvalue weighted by molar-refractivity contribution is 7.99. The number of para-hydroxylation sites is 1. The van der Waals surface area contributed by atoms with Crippen LogP contribution in [0.5, 0.6) is 0 Å². The molecule has 0 atom stereocenters. The van der Waals surface area contributed by atoms with Crippen molar-refractivity contribution in [3.63, 3.8) is 0 Å². The van der Waals surface area contributed by atoms with Crippen LogP contribution in [-0.2, 0) is 4.74 Å².